The normalized spacial score (nSPS) is 15.1. The molecule has 1 fully saturated rings. The van der Waals surface area contributed by atoms with E-state index < -0.39 is 0 Å². The molecule has 3 nitrogen and oxygen atoms in total. The van der Waals surface area contributed by atoms with Gasteiger partial charge in [0.05, 0.1) is 18.2 Å². The molecule has 0 saturated heterocycles. The minimum absolute atomic E-state index is 0.185. The molecule has 0 aromatic rings. The summed E-state index contributed by atoms with van der Waals surface area (Å²) in [5, 5.41) is 8.44. The predicted octanol–water partition coefficient (Wildman–Crippen LogP) is 1.25. The highest BCUT2D eigenvalue weighted by atomic mass is 32.2. The predicted molar refractivity (Wildman–Crippen MR) is 53.3 cm³/mol. The van der Waals surface area contributed by atoms with Crippen LogP contribution in [0.25, 0.3) is 0 Å². The number of nitrogens with zero attached hydrogens (tertiary/aromatic N) is 2. The van der Waals surface area contributed by atoms with Crippen LogP contribution in [0.15, 0.2) is 0 Å². The van der Waals surface area contributed by atoms with Gasteiger partial charge in [0.25, 0.3) is 0 Å². The van der Waals surface area contributed by atoms with E-state index in [-0.39, 0.29) is 5.91 Å². The van der Waals surface area contributed by atoms with Crippen LogP contribution in [0.1, 0.15) is 19.3 Å². The molecule has 0 aliphatic heterocycles. The molecule has 0 unspecified atom stereocenters. The third kappa shape index (κ3) is 3.27. The third-order valence-corrected chi connectivity index (χ3v) is 2.58. The monoisotopic (exact) mass is 198 g/mol. The van der Waals surface area contributed by atoms with Crippen molar-refractivity contribution in [3.8, 4) is 6.07 Å². The van der Waals surface area contributed by atoms with Crippen LogP contribution < -0.4 is 0 Å². The van der Waals surface area contributed by atoms with Crippen molar-refractivity contribution >= 4 is 17.7 Å². The first-order chi connectivity index (χ1) is 6.29. The Morgan fingerprint density at radius 2 is 2.38 bits per heavy atom. The Bertz CT molecular complexity index is 220. The molecule has 0 aromatic heterocycles. The highest BCUT2D eigenvalue weighted by molar-refractivity contribution is 7.99. The van der Waals surface area contributed by atoms with Crippen molar-refractivity contribution in [2.24, 2.45) is 0 Å². The van der Waals surface area contributed by atoms with Gasteiger partial charge in [-0.2, -0.15) is 17.0 Å². The molecule has 1 rings (SSSR count). The molecule has 1 amide bonds. The van der Waals surface area contributed by atoms with E-state index in [0.29, 0.717) is 24.8 Å². The summed E-state index contributed by atoms with van der Waals surface area (Å²) in [6.07, 6.45) is 4.61. The molecule has 4 heteroatoms. The van der Waals surface area contributed by atoms with E-state index in [9.17, 15) is 4.79 Å². The average Bonchev–Trinajstić information content (AvgIpc) is 2.89. The van der Waals surface area contributed by atoms with Gasteiger partial charge in [-0.3, -0.25) is 4.79 Å². The molecule has 0 N–H and O–H groups in total. The fraction of sp³-hybridized carbons (Fsp3) is 0.778. The Morgan fingerprint density at radius 3 is 2.85 bits per heavy atom. The maximum absolute atomic E-state index is 11.5. The zero-order valence-electron chi connectivity index (χ0n) is 7.82. The zero-order valence-corrected chi connectivity index (χ0v) is 8.64. The minimum atomic E-state index is 0.185. The SMILES string of the molecule is CSCC(=O)N(CCC#N)C1CC1. The van der Waals surface area contributed by atoms with E-state index in [4.69, 9.17) is 5.26 Å². The molecule has 13 heavy (non-hydrogen) atoms. The van der Waals surface area contributed by atoms with Gasteiger partial charge in [0.2, 0.25) is 5.91 Å². The van der Waals surface area contributed by atoms with E-state index in [0.717, 1.165) is 12.8 Å². The van der Waals surface area contributed by atoms with Crippen LogP contribution in [0.3, 0.4) is 0 Å². The lowest BCUT2D eigenvalue weighted by atomic mass is 10.4. The molecule has 0 bridgehead atoms. The van der Waals surface area contributed by atoms with Crippen LogP contribution in [0.2, 0.25) is 0 Å². The van der Waals surface area contributed by atoms with Gasteiger partial charge in [-0.1, -0.05) is 0 Å². The summed E-state index contributed by atoms with van der Waals surface area (Å²) in [4.78, 5) is 13.4. The number of nitriles is 1. The van der Waals surface area contributed by atoms with E-state index >= 15 is 0 Å². The van der Waals surface area contributed by atoms with E-state index in [2.05, 4.69) is 6.07 Å². The van der Waals surface area contributed by atoms with Gasteiger partial charge in [-0.15, -0.1) is 0 Å². The van der Waals surface area contributed by atoms with Gasteiger partial charge in [0, 0.05) is 12.6 Å². The lowest BCUT2D eigenvalue weighted by molar-refractivity contribution is -0.128. The second kappa shape index (κ2) is 5.13. The quantitative estimate of drug-likeness (QED) is 0.668. The van der Waals surface area contributed by atoms with Crippen LogP contribution >= 0.6 is 11.8 Å². The number of carbonyl (C=O) groups excluding carboxylic acids is 1. The van der Waals surface area contributed by atoms with Crippen molar-refractivity contribution in [2.45, 2.75) is 25.3 Å². The van der Waals surface area contributed by atoms with Gasteiger partial charge in [-0.05, 0) is 19.1 Å². The molecule has 0 spiro atoms. The molecular weight excluding hydrogens is 184 g/mol. The van der Waals surface area contributed by atoms with Crippen molar-refractivity contribution in [3.05, 3.63) is 0 Å². The van der Waals surface area contributed by atoms with Crippen LogP contribution in [0, 0.1) is 11.3 Å². The third-order valence-electron chi connectivity index (χ3n) is 2.04. The number of rotatable bonds is 5. The first kappa shape index (κ1) is 10.4. The van der Waals surface area contributed by atoms with Crippen molar-refractivity contribution in [1.29, 1.82) is 5.26 Å². The average molecular weight is 198 g/mol. The van der Waals surface area contributed by atoms with E-state index in [1.807, 2.05) is 11.2 Å². The zero-order chi connectivity index (χ0) is 9.68. The molecule has 1 aliphatic carbocycles. The van der Waals surface area contributed by atoms with Crippen LogP contribution in [-0.4, -0.2) is 35.4 Å². The number of hydrogen-bond donors (Lipinski definition) is 0. The number of carbonyl (C=O) groups is 1. The van der Waals surface area contributed by atoms with Gasteiger partial charge in [0.15, 0.2) is 0 Å². The Hall–Kier alpha value is -0.690. The molecular formula is C9H14N2OS. The Labute approximate surface area is 83.1 Å². The lowest BCUT2D eigenvalue weighted by Crippen LogP contribution is -2.35. The van der Waals surface area contributed by atoms with Crippen molar-refractivity contribution in [3.63, 3.8) is 0 Å². The summed E-state index contributed by atoms with van der Waals surface area (Å²) in [5.41, 5.74) is 0. The smallest absolute Gasteiger partial charge is 0.232 e. The molecule has 0 atom stereocenters. The molecule has 0 radical (unpaired) electrons. The Morgan fingerprint density at radius 1 is 1.69 bits per heavy atom. The van der Waals surface area contributed by atoms with E-state index in [1.165, 1.54) is 0 Å². The standard InChI is InChI=1S/C9H14N2OS/c1-13-7-9(12)11(6-2-5-10)8-3-4-8/h8H,2-4,6-7H2,1H3. The minimum Gasteiger partial charge on any atom is -0.338 e. The highest BCUT2D eigenvalue weighted by Gasteiger charge is 2.31. The Balaban J connectivity index is 2.37. The van der Waals surface area contributed by atoms with Gasteiger partial charge in [-0.25, -0.2) is 0 Å². The molecule has 72 valence electrons. The van der Waals surface area contributed by atoms with E-state index in [1.54, 1.807) is 11.8 Å². The van der Waals surface area contributed by atoms with Gasteiger partial charge in [0.1, 0.15) is 0 Å². The van der Waals surface area contributed by atoms with Gasteiger partial charge >= 0.3 is 0 Å². The summed E-state index contributed by atoms with van der Waals surface area (Å²) in [6.45, 7) is 0.612. The van der Waals surface area contributed by atoms with Crippen molar-refractivity contribution < 1.29 is 4.79 Å². The second-order valence-electron chi connectivity index (χ2n) is 3.16. The Kier molecular flexibility index (Phi) is 4.10. The first-order valence-electron chi connectivity index (χ1n) is 4.45. The first-order valence-corrected chi connectivity index (χ1v) is 5.84. The molecule has 0 heterocycles. The number of thioether (sulfide) groups is 1. The maximum Gasteiger partial charge on any atom is 0.232 e. The van der Waals surface area contributed by atoms with Crippen molar-refractivity contribution in [2.75, 3.05) is 18.6 Å². The lowest BCUT2D eigenvalue weighted by Gasteiger charge is -2.20. The molecule has 1 aliphatic rings. The van der Waals surface area contributed by atoms with Crippen LogP contribution in [0.5, 0.6) is 0 Å². The number of hydrogen-bond acceptors (Lipinski definition) is 3. The van der Waals surface area contributed by atoms with Crippen molar-refractivity contribution in [1.82, 2.24) is 4.90 Å². The summed E-state index contributed by atoms with van der Waals surface area (Å²) in [6, 6.07) is 2.52. The van der Waals surface area contributed by atoms with Crippen LogP contribution in [-0.2, 0) is 4.79 Å². The second-order valence-corrected chi connectivity index (χ2v) is 4.03. The number of amides is 1. The molecule has 0 aromatic carbocycles. The fourth-order valence-corrected chi connectivity index (χ4v) is 1.69. The fourth-order valence-electron chi connectivity index (χ4n) is 1.27. The maximum atomic E-state index is 11.5. The largest absolute Gasteiger partial charge is 0.338 e. The summed E-state index contributed by atoms with van der Waals surface area (Å²) in [7, 11) is 0. The summed E-state index contributed by atoms with van der Waals surface area (Å²) < 4.78 is 0. The topological polar surface area (TPSA) is 44.1 Å². The molecule has 1 saturated carbocycles. The summed E-state index contributed by atoms with van der Waals surface area (Å²) >= 11 is 1.54. The summed E-state index contributed by atoms with van der Waals surface area (Å²) in [5.74, 6) is 0.729. The highest BCUT2D eigenvalue weighted by Crippen LogP contribution is 2.27. The van der Waals surface area contributed by atoms with Crippen LogP contribution in [0.4, 0.5) is 0 Å². The van der Waals surface area contributed by atoms with Gasteiger partial charge < -0.3 is 4.90 Å².